The number of aliphatic hydroxyl groups is 1. The minimum Gasteiger partial charge on any atom is -0.380 e. The molecule has 29 heavy (non-hydrogen) atoms. The summed E-state index contributed by atoms with van der Waals surface area (Å²) in [6, 6.07) is 0. The average Bonchev–Trinajstić information content (AvgIpc) is 2.86. The molecule has 158 valence electrons. The van der Waals surface area contributed by atoms with Crippen LogP contribution < -0.4 is 0 Å². The first kappa shape index (κ1) is 20.9. The monoisotopic (exact) mass is 424 g/mol. The summed E-state index contributed by atoms with van der Waals surface area (Å²) >= 11 is 0.901. The van der Waals surface area contributed by atoms with Crippen LogP contribution in [0.2, 0.25) is 0 Å². The van der Waals surface area contributed by atoms with Crippen molar-refractivity contribution in [2.45, 2.75) is 57.5 Å². The lowest BCUT2D eigenvalue weighted by atomic mass is 9.45. The highest BCUT2D eigenvalue weighted by Gasteiger charge is 2.76. The number of thioether (sulfide) groups is 1. The molecule has 0 heterocycles. The van der Waals surface area contributed by atoms with Gasteiger partial charge >= 0.3 is 0 Å². The van der Waals surface area contributed by atoms with E-state index in [0.717, 1.165) is 17.8 Å². The first-order valence-electron chi connectivity index (χ1n) is 10.00. The molecule has 2 unspecified atom stereocenters. The van der Waals surface area contributed by atoms with Gasteiger partial charge in [-0.2, -0.15) is 0 Å². The quantitative estimate of drug-likeness (QED) is 0.699. The molecule has 0 spiro atoms. The molecular weight excluding hydrogens is 398 g/mol. The van der Waals surface area contributed by atoms with Gasteiger partial charge in [-0.25, -0.2) is 8.78 Å². The molecule has 0 aliphatic heterocycles. The van der Waals surface area contributed by atoms with Crippen molar-refractivity contribution in [2.24, 2.45) is 28.6 Å². The van der Waals surface area contributed by atoms with E-state index < -0.39 is 62.7 Å². The Kier molecular flexibility index (Phi) is 4.40. The summed E-state index contributed by atoms with van der Waals surface area (Å²) in [7, 11) is 0. The first-order valence-corrected chi connectivity index (χ1v) is 11.2. The summed E-state index contributed by atoms with van der Waals surface area (Å²) in [6.07, 6.45) is 3.49. The second-order valence-electron chi connectivity index (χ2n) is 9.58. The molecule has 0 aromatic carbocycles. The van der Waals surface area contributed by atoms with Crippen LogP contribution in [-0.2, 0) is 14.4 Å². The Bertz CT molecular complexity index is 884. The third-order valence-electron chi connectivity index (χ3n) is 8.47. The number of rotatable bonds is 1. The van der Waals surface area contributed by atoms with Crippen LogP contribution in [0.4, 0.5) is 8.78 Å². The summed E-state index contributed by atoms with van der Waals surface area (Å²) in [5, 5.41) is 11.0. The maximum Gasteiger partial charge on any atom is 0.221 e. The molecule has 8 atom stereocenters. The van der Waals surface area contributed by atoms with E-state index in [0.29, 0.717) is 6.42 Å². The van der Waals surface area contributed by atoms with Gasteiger partial charge in [0, 0.05) is 17.8 Å². The van der Waals surface area contributed by atoms with Crippen LogP contribution in [0.1, 0.15) is 40.0 Å². The smallest absolute Gasteiger partial charge is 0.221 e. The van der Waals surface area contributed by atoms with Crippen LogP contribution in [0.3, 0.4) is 0 Å². The van der Waals surface area contributed by atoms with E-state index in [1.165, 1.54) is 19.1 Å². The predicted octanol–water partition coefficient (Wildman–Crippen LogP) is 3.38. The van der Waals surface area contributed by atoms with Crippen molar-refractivity contribution in [3.8, 4) is 0 Å². The largest absolute Gasteiger partial charge is 0.380 e. The summed E-state index contributed by atoms with van der Waals surface area (Å²) in [4.78, 5) is 37.9. The van der Waals surface area contributed by atoms with Crippen LogP contribution in [-0.4, -0.2) is 45.5 Å². The topological polar surface area (TPSA) is 71.4 Å². The number of hydrogen-bond acceptors (Lipinski definition) is 5. The number of hydrogen-bond donors (Lipinski definition) is 1. The lowest BCUT2D eigenvalue weighted by Gasteiger charge is -2.60. The molecule has 0 aromatic rings. The van der Waals surface area contributed by atoms with E-state index in [-0.39, 0.29) is 18.4 Å². The molecule has 7 heteroatoms. The normalized spacial score (nSPS) is 51.2. The van der Waals surface area contributed by atoms with Crippen LogP contribution in [0.25, 0.3) is 0 Å². The predicted molar refractivity (Wildman–Crippen MR) is 106 cm³/mol. The Morgan fingerprint density at radius 2 is 1.90 bits per heavy atom. The van der Waals surface area contributed by atoms with Crippen molar-refractivity contribution >= 4 is 28.4 Å². The number of halogens is 2. The van der Waals surface area contributed by atoms with Crippen molar-refractivity contribution in [1.82, 2.24) is 0 Å². The van der Waals surface area contributed by atoms with Crippen molar-refractivity contribution in [2.75, 3.05) is 6.26 Å². The Morgan fingerprint density at radius 3 is 2.52 bits per heavy atom. The van der Waals surface area contributed by atoms with Gasteiger partial charge in [-0.05, 0) is 55.6 Å². The van der Waals surface area contributed by atoms with Gasteiger partial charge in [-0.1, -0.05) is 31.7 Å². The molecule has 0 amide bonds. The second kappa shape index (κ2) is 6.10. The van der Waals surface area contributed by atoms with Gasteiger partial charge in [0.15, 0.2) is 17.2 Å². The van der Waals surface area contributed by atoms with Crippen molar-refractivity contribution in [1.29, 1.82) is 0 Å². The van der Waals surface area contributed by atoms with E-state index in [1.807, 2.05) is 0 Å². The molecule has 4 rings (SSSR count). The van der Waals surface area contributed by atoms with Gasteiger partial charge < -0.3 is 5.11 Å². The summed E-state index contributed by atoms with van der Waals surface area (Å²) in [5.41, 5.74) is -6.84. The van der Waals surface area contributed by atoms with E-state index in [9.17, 15) is 19.5 Å². The van der Waals surface area contributed by atoms with E-state index >= 15 is 8.78 Å². The molecule has 4 nitrogen and oxygen atoms in total. The maximum atomic E-state index is 16.8. The average molecular weight is 425 g/mol. The SMILES string of the molecule is CSC(=O)[C@@]1(O)[C@H](C)CC2C3C[C@H](F)C4=CC(=O)C=C[C@]4(C)[C@@]3(F)C(=O)C[C@@]21C. The molecule has 0 bridgehead atoms. The number of Topliss-reactive ketones (excluding diaryl/α,β-unsaturated/α-hetero) is 1. The zero-order valence-electron chi connectivity index (χ0n) is 17.0. The number of carbonyl (C=O) groups is 3. The molecule has 0 aromatic heterocycles. The van der Waals surface area contributed by atoms with Crippen molar-refractivity contribution in [3.63, 3.8) is 0 Å². The Labute approximate surface area is 173 Å². The van der Waals surface area contributed by atoms with Crippen molar-refractivity contribution in [3.05, 3.63) is 23.8 Å². The Balaban J connectivity index is 1.88. The number of fused-ring (bicyclic) bond motifs is 5. The molecule has 4 aliphatic carbocycles. The second-order valence-corrected chi connectivity index (χ2v) is 10.4. The van der Waals surface area contributed by atoms with E-state index in [4.69, 9.17) is 0 Å². The Hall–Kier alpha value is -1.34. The molecule has 4 aliphatic rings. The highest BCUT2D eigenvalue weighted by atomic mass is 32.2. The number of ketones is 2. The van der Waals surface area contributed by atoms with Crippen LogP contribution >= 0.6 is 11.8 Å². The standard InChI is InChI=1S/C22H26F2O4S/c1-11-7-13-14-9-16(23)15-8-12(25)5-6-19(15,2)21(14,24)17(26)10-20(13,3)22(11,28)18(27)29-4/h5-6,8,11,13-14,16,28H,7,9-10H2,1-4H3/t11-,13?,14?,16+,19+,20+,21+,22+/m1/s1. The molecular formula is C22H26F2O4S. The Morgan fingerprint density at radius 1 is 1.24 bits per heavy atom. The number of alkyl halides is 2. The zero-order valence-corrected chi connectivity index (χ0v) is 17.8. The molecule has 3 saturated carbocycles. The highest BCUT2D eigenvalue weighted by Crippen LogP contribution is 2.70. The summed E-state index contributed by atoms with van der Waals surface area (Å²) in [5.74, 6) is -3.11. The lowest BCUT2D eigenvalue weighted by Crippen LogP contribution is -2.69. The van der Waals surface area contributed by atoms with Crippen molar-refractivity contribution < 1.29 is 28.3 Å². The van der Waals surface area contributed by atoms with E-state index in [2.05, 4.69) is 0 Å². The molecule has 0 saturated heterocycles. The summed E-state index contributed by atoms with van der Waals surface area (Å²) in [6.45, 7) is 4.90. The molecule has 1 N–H and O–H groups in total. The van der Waals surface area contributed by atoms with Gasteiger partial charge in [0.1, 0.15) is 11.8 Å². The maximum absolute atomic E-state index is 16.8. The number of allylic oxidation sites excluding steroid dienone is 4. The van der Waals surface area contributed by atoms with Gasteiger partial charge in [-0.3, -0.25) is 14.4 Å². The van der Waals surface area contributed by atoms with Gasteiger partial charge in [0.2, 0.25) is 5.12 Å². The van der Waals surface area contributed by atoms with E-state index in [1.54, 1.807) is 20.1 Å². The van der Waals surface area contributed by atoms with Crippen LogP contribution in [0, 0.1) is 28.6 Å². The zero-order chi connectivity index (χ0) is 21.6. The van der Waals surface area contributed by atoms with Gasteiger partial charge in [-0.15, -0.1) is 0 Å². The minimum absolute atomic E-state index is 0.0159. The molecule has 0 radical (unpaired) electrons. The van der Waals surface area contributed by atoms with Gasteiger partial charge in [0.25, 0.3) is 0 Å². The third kappa shape index (κ3) is 2.21. The lowest BCUT2D eigenvalue weighted by molar-refractivity contribution is -0.185. The fourth-order valence-corrected chi connectivity index (χ4v) is 7.61. The van der Waals surface area contributed by atoms with Crippen LogP contribution in [0.15, 0.2) is 23.8 Å². The fourth-order valence-electron chi connectivity index (χ4n) is 6.86. The third-order valence-corrected chi connectivity index (χ3v) is 9.15. The number of carbonyl (C=O) groups excluding carboxylic acids is 3. The first-order chi connectivity index (χ1) is 13.4. The van der Waals surface area contributed by atoms with Gasteiger partial charge in [0.05, 0.1) is 5.41 Å². The van der Waals surface area contributed by atoms with Crippen LogP contribution in [0.5, 0.6) is 0 Å². The highest BCUT2D eigenvalue weighted by molar-refractivity contribution is 8.13. The minimum atomic E-state index is -2.38. The summed E-state index contributed by atoms with van der Waals surface area (Å²) < 4.78 is 32.0. The molecule has 3 fully saturated rings. The fraction of sp³-hybridized carbons (Fsp3) is 0.682.